The van der Waals surface area contributed by atoms with Gasteiger partial charge in [-0.1, -0.05) is 0 Å². The molecule has 1 aliphatic heterocycles. The summed E-state index contributed by atoms with van der Waals surface area (Å²) in [6, 6.07) is 5.12. The third-order valence-corrected chi connectivity index (χ3v) is 4.11. The summed E-state index contributed by atoms with van der Waals surface area (Å²) in [6.45, 7) is 5.22. The Hall–Kier alpha value is -2.37. The molecule has 0 spiro atoms. The number of ether oxygens (including phenoxy) is 1. The molecule has 1 heterocycles. The van der Waals surface area contributed by atoms with Gasteiger partial charge in [0.05, 0.1) is 13.5 Å². The van der Waals surface area contributed by atoms with Crippen LogP contribution in [0, 0.1) is 0 Å². The molecule has 0 aromatic heterocycles. The normalized spacial score (nSPS) is 14.6. The molecule has 1 saturated heterocycles. The second-order valence-electron chi connectivity index (χ2n) is 5.65. The third kappa shape index (κ3) is 4.09. The summed E-state index contributed by atoms with van der Waals surface area (Å²) in [5, 5.41) is 0. The van der Waals surface area contributed by atoms with Crippen LogP contribution in [-0.4, -0.2) is 60.7 Å². The number of carbonyl (C=O) groups is 3. The van der Waals surface area contributed by atoms with Crippen LogP contribution in [0.5, 0.6) is 5.75 Å². The van der Waals surface area contributed by atoms with E-state index in [4.69, 9.17) is 4.74 Å². The van der Waals surface area contributed by atoms with Gasteiger partial charge in [-0.2, -0.15) is 0 Å². The minimum Gasteiger partial charge on any atom is -0.496 e. The zero-order chi connectivity index (χ0) is 17.0. The summed E-state index contributed by atoms with van der Waals surface area (Å²) in [4.78, 5) is 38.8. The van der Waals surface area contributed by atoms with Crippen molar-refractivity contribution in [1.29, 1.82) is 0 Å². The minimum atomic E-state index is -0.0450. The number of benzene rings is 1. The van der Waals surface area contributed by atoms with E-state index in [2.05, 4.69) is 0 Å². The lowest BCUT2D eigenvalue weighted by Gasteiger charge is -2.34. The van der Waals surface area contributed by atoms with Gasteiger partial charge in [-0.05, 0) is 25.1 Å². The molecule has 1 fully saturated rings. The van der Waals surface area contributed by atoms with E-state index >= 15 is 0 Å². The molecule has 6 heteroatoms. The van der Waals surface area contributed by atoms with E-state index in [1.807, 2.05) is 0 Å². The van der Waals surface area contributed by atoms with Crippen LogP contribution in [0.1, 0.15) is 29.8 Å². The monoisotopic (exact) mass is 318 g/mol. The third-order valence-electron chi connectivity index (χ3n) is 4.11. The van der Waals surface area contributed by atoms with Gasteiger partial charge in [-0.3, -0.25) is 14.4 Å². The van der Waals surface area contributed by atoms with Gasteiger partial charge in [-0.25, -0.2) is 0 Å². The molecule has 0 bridgehead atoms. The van der Waals surface area contributed by atoms with E-state index in [0.717, 1.165) is 0 Å². The van der Waals surface area contributed by atoms with Crippen LogP contribution in [0.4, 0.5) is 0 Å². The second kappa shape index (κ2) is 7.26. The van der Waals surface area contributed by atoms with Crippen molar-refractivity contribution >= 4 is 17.6 Å². The van der Waals surface area contributed by atoms with E-state index in [1.54, 1.807) is 35.1 Å². The number of methoxy groups -OCH3 is 1. The molecule has 23 heavy (non-hydrogen) atoms. The highest BCUT2D eigenvalue weighted by Crippen LogP contribution is 2.21. The zero-order valence-electron chi connectivity index (χ0n) is 13.8. The van der Waals surface area contributed by atoms with Gasteiger partial charge < -0.3 is 14.5 Å². The molecular weight excluding hydrogens is 296 g/mol. The van der Waals surface area contributed by atoms with Crippen molar-refractivity contribution in [3.05, 3.63) is 29.3 Å². The van der Waals surface area contributed by atoms with Gasteiger partial charge in [-0.15, -0.1) is 0 Å². The predicted octanol–water partition coefficient (Wildman–Crippen LogP) is 1.13. The average molecular weight is 318 g/mol. The van der Waals surface area contributed by atoms with E-state index in [9.17, 15) is 14.4 Å². The van der Waals surface area contributed by atoms with Gasteiger partial charge in [0.15, 0.2) is 5.78 Å². The number of carbonyl (C=O) groups excluding carboxylic acids is 3. The first-order valence-electron chi connectivity index (χ1n) is 7.63. The standard InChI is InChI=1S/C17H22N2O4/c1-12(20)14-4-5-16(23-3)15(10-14)11-17(22)19-8-6-18(7-9-19)13(2)21/h4-5,10H,6-9,11H2,1-3H3. The molecule has 0 atom stereocenters. The van der Waals surface area contributed by atoms with Crippen LogP contribution in [0.3, 0.4) is 0 Å². The van der Waals surface area contributed by atoms with Crippen molar-refractivity contribution < 1.29 is 19.1 Å². The van der Waals surface area contributed by atoms with Gasteiger partial charge >= 0.3 is 0 Å². The molecule has 0 radical (unpaired) electrons. The molecule has 0 N–H and O–H groups in total. The summed E-state index contributed by atoms with van der Waals surface area (Å²) in [6.07, 6.45) is 0.185. The zero-order valence-corrected chi connectivity index (χ0v) is 13.8. The molecule has 0 unspecified atom stereocenters. The van der Waals surface area contributed by atoms with E-state index in [1.165, 1.54) is 13.8 Å². The maximum atomic E-state index is 12.5. The molecule has 1 aromatic carbocycles. The van der Waals surface area contributed by atoms with E-state index in [0.29, 0.717) is 43.1 Å². The summed E-state index contributed by atoms with van der Waals surface area (Å²) in [5.41, 5.74) is 1.27. The van der Waals surface area contributed by atoms with Gasteiger partial charge in [0.25, 0.3) is 0 Å². The molecular formula is C17H22N2O4. The number of piperazine rings is 1. The molecule has 1 aromatic rings. The smallest absolute Gasteiger partial charge is 0.227 e. The lowest BCUT2D eigenvalue weighted by molar-refractivity contribution is -0.138. The molecule has 2 amide bonds. The fourth-order valence-corrected chi connectivity index (χ4v) is 2.68. The van der Waals surface area contributed by atoms with E-state index < -0.39 is 0 Å². The number of amides is 2. The van der Waals surface area contributed by atoms with Gasteiger partial charge in [0.2, 0.25) is 11.8 Å². The first-order chi connectivity index (χ1) is 10.9. The molecule has 2 rings (SSSR count). The molecule has 124 valence electrons. The first-order valence-corrected chi connectivity index (χ1v) is 7.63. The first kappa shape index (κ1) is 17.0. The highest BCUT2D eigenvalue weighted by Gasteiger charge is 2.23. The number of Topliss-reactive ketones (excluding diaryl/α,β-unsaturated/α-hetero) is 1. The quantitative estimate of drug-likeness (QED) is 0.781. The number of hydrogen-bond donors (Lipinski definition) is 0. The van der Waals surface area contributed by atoms with Crippen LogP contribution in [0.15, 0.2) is 18.2 Å². The van der Waals surface area contributed by atoms with Crippen LogP contribution in [0.2, 0.25) is 0 Å². The molecule has 6 nitrogen and oxygen atoms in total. The largest absolute Gasteiger partial charge is 0.496 e. The Morgan fingerprint density at radius 3 is 2.17 bits per heavy atom. The summed E-state index contributed by atoms with van der Waals surface area (Å²) in [7, 11) is 1.54. The lowest BCUT2D eigenvalue weighted by Crippen LogP contribution is -2.50. The van der Waals surface area contributed by atoms with Crippen LogP contribution in [0.25, 0.3) is 0 Å². The number of nitrogens with zero attached hydrogens (tertiary/aromatic N) is 2. The highest BCUT2D eigenvalue weighted by molar-refractivity contribution is 5.94. The van der Waals surface area contributed by atoms with Crippen molar-refractivity contribution in [2.24, 2.45) is 0 Å². The molecule has 0 aliphatic carbocycles. The Balaban J connectivity index is 2.07. The Labute approximate surface area is 136 Å². The maximum absolute atomic E-state index is 12.5. The van der Waals surface area contributed by atoms with Crippen molar-refractivity contribution in [1.82, 2.24) is 9.80 Å². The average Bonchev–Trinajstić information content (AvgIpc) is 2.54. The topological polar surface area (TPSA) is 66.9 Å². The second-order valence-corrected chi connectivity index (χ2v) is 5.65. The summed E-state index contributed by atoms with van der Waals surface area (Å²) < 4.78 is 5.28. The number of ketones is 1. The minimum absolute atomic E-state index is 0.0211. The van der Waals surface area contributed by atoms with Gasteiger partial charge in [0, 0.05) is 44.2 Å². The highest BCUT2D eigenvalue weighted by atomic mass is 16.5. The Morgan fingerprint density at radius 1 is 1.04 bits per heavy atom. The molecule has 0 saturated carbocycles. The summed E-state index contributed by atoms with van der Waals surface area (Å²) in [5.74, 6) is 0.572. The fourth-order valence-electron chi connectivity index (χ4n) is 2.68. The fraction of sp³-hybridized carbons (Fsp3) is 0.471. The molecule has 1 aliphatic rings. The van der Waals surface area contributed by atoms with Crippen LogP contribution in [-0.2, 0) is 16.0 Å². The van der Waals surface area contributed by atoms with Crippen molar-refractivity contribution in [2.45, 2.75) is 20.3 Å². The van der Waals surface area contributed by atoms with Gasteiger partial charge in [0.1, 0.15) is 5.75 Å². The number of hydrogen-bond acceptors (Lipinski definition) is 4. The maximum Gasteiger partial charge on any atom is 0.227 e. The Morgan fingerprint density at radius 2 is 1.65 bits per heavy atom. The predicted molar refractivity (Wildman–Crippen MR) is 85.5 cm³/mol. The Bertz CT molecular complexity index is 619. The lowest BCUT2D eigenvalue weighted by atomic mass is 10.0. The van der Waals surface area contributed by atoms with Crippen molar-refractivity contribution in [2.75, 3.05) is 33.3 Å². The number of rotatable bonds is 4. The summed E-state index contributed by atoms with van der Waals surface area (Å²) >= 11 is 0. The van der Waals surface area contributed by atoms with E-state index in [-0.39, 0.29) is 24.0 Å². The Kier molecular flexibility index (Phi) is 5.36. The van der Waals surface area contributed by atoms with Crippen LogP contribution >= 0.6 is 0 Å². The van der Waals surface area contributed by atoms with Crippen molar-refractivity contribution in [3.63, 3.8) is 0 Å². The SMILES string of the molecule is COc1ccc(C(C)=O)cc1CC(=O)N1CCN(C(C)=O)CC1. The van der Waals surface area contributed by atoms with Crippen LogP contribution < -0.4 is 4.74 Å². The van der Waals surface area contributed by atoms with Crippen molar-refractivity contribution in [3.8, 4) is 5.75 Å².